The van der Waals surface area contributed by atoms with Gasteiger partial charge in [-0.25, -0.2) is 9.18 Å². The number of rotatable bonds is 4. The van der Waals surface area contributed by atoms with E-state index in [1.165, 1.54) is 23.5 Å². The van der Waals surface area contributed by atoms with Crippen LogP contribution in [0.2, 0.25) is 5.02 Å². The molecule has 126 valence electrons. The molecule has 1 heterocycles. The molecule has 0 aliphatic rings. The van der Waals surface area contributed by atoms with Crippen LogP contribution in [0.25, 0.3) is 0 Å². The summed E-state index contributed by atoms with van der Waals surface area (Å²) < 4.78 is 13.1. The zero-order chi connectivity index (χ0) is 17.6. The van der Waals surface area contributed by atoms with E-state index >= 15 is 0 Å². The second-order valence-electron chi connectivity index (χ2n) is 4.93. The van der Waals surface area contributed by atoms with Gasteiger partial charge in [0.25, 0.3) is 0 Å². The highest BCUT2D eigenvalue weighted by atomic mass is 35.5. The molecule has 3 aromatic rings. The lowest BCUT2D eigenvalue weighted by atomic mass is 10.1. The van der Waals surface area contributed by atoms with Crippen molar-refractivity contribution in [1.29, 1.82) is 0 Å². The van der Waals surface area contributed by atoms with Crippen LogP contribution in [0, 0.1) is 5.82 Å². The third-order valence-electron chi connectivity index (χ3n) is 3.18. The first-order chi connectivity index (χ1) is 12.1. The molecule has 0 aliphatic carbocycles. The van der Waals surface area contributed by atoms with E-state index in [0.29, 0.717) is 22.0 Å². The summed E-state index contributed by atoms with van der Waals surface area (Å²) >= 11 is 7.23. The van der Waals surface area contributed by atoms with Crippen molar-refractivity contribution in [2.24, 2.45) is 5.16 Å². The van der Waals surface area contributed by atoms with Gasteiger partial charge in [0.15, 0.2) is 0 Å². The summed E-state index contributed by atoms with van der Waals surface area (Å²) in [7, 11) is 0. The van der Waals surface area contributed by atoms with Gasteiger partial charge in [-0.3, -0.25) is 10.2 Å². The van der Waals surface area contributed by atoms with Gasteiger partial charge in [0.05, 0.1) is 4.88 Å². The van der Waals surface area contributed by atoms with Crippen LogP contribution in [-0.4, -0.2) is 11.8 Å². The van der Waals surface area contributed by atoms with Gasteiger partial charge in [0, 0.05) is 16.3 Å². The van der Waals surface area contributed by atoms with Crippen LogP contribution in [0.4, 0.5) is 14.9 Å². The summed E-state index contributed by atoms with van der Waals surface area (Å²) in [5.41, 5.74) is 1.62. The molecule has 0 spiro atoms. The number of oxime groups is 1. The molecular formula is C18H12ClFN2O2S. The quantitative estimate of drug-likeness (QED) is 0.370. The number of nitrogens with zero attached hydrogens (tertiary/aromatic N) is 1. The molecule has 25 heavy (non-hydrogen) atoms. The number of carbonyl (C=O) groups excluding carboxylic acids is 1. The smallest absolute Gasteiger partial charge is 0.297 e. The number of hydrogen-bond acceptors (Lipinski definition) is 4. The standard InChI is InChI=1S/C18H12ClFN2O2S/c19-13-5-9-15(10-6-13)21-18(23)24-22-17(16-2-1-11-25-16)12-3-7-14(20)8-4-12/h1-11H,(H,21,23)/b22-17-. The molecule has 1 N–H and O–H groups in total. The summed E-state index contributed by atoms with van der Waals surface area (Å²) in [4.78, 5) is 17.7. The first-order valence-electron chi connectivity index (χ1n) is 7.23. The third-order valence-corrected chi connectivity index (χ3v) is 4.31. The maximum atomic E-state index is 13.1. The second kappa shape index (κ2) is 7.92. The van der Waals surface area contributed by atoms with Gasteiger partial charge >= 0.3 is 6.09 Å². The number of halogens is 2. The first-order valence-corrected chi connectivity index (χ1v) is 8.49. The molecule has 7 heteroatoms. The molecule has 4 nitrogen and oxygen atoms in total. The van der Waals surface area contributed by atoms with Crippen LogP contribution >= 0.6 is 22.9 Å². The van der Waals surface area contributed by atoms with Gasteiger partial charge < -0.3 is 0 Å². The van der Waals surface area contributed by atoms with Crippen LogP contribution < -0.4 is 5.32 Å². The SMILES string of the molecule is O=C(Nc1ccc(Cl)cc1)O/N=C(/c1ccc(F)cc1)c1cccs1. The number of nitrogens with one attached hydrogen (secondary N) is 1. The van der Waals surface area contributed by atoms with Gasteiger partial charge in [0.2, 0.25) is 0 Å². The van der Waals surface area contributed by atoms with E-state index in [9.17, 15) is 9.18 Å². The Morgan fingerprint density at radius 2 is 1.80 bits per heavy atom. The highest BCUT2D eigenvalue weighted by Crippen LogP contribution is 2.18. The molecule has 0 atom stereocenters. The zero-order valence-electron chi connectivity index (χ0n) is 12.8. The highest BCUT2D eigenvalue weighted by Gasteiger charge is 2.11. The number of benzene rings is 2. The minimum absolute atomic E-state index is 0.351. The fourth-order valence-corrected chi connectivity index (χ4v) is 2.88. The van der Waals surface area contributed by atoms with Crippen molar-refractivity contribution in [1.82, 2.24) is 0 Å². The lowest BCUT2D eigenvalue weighted by Gasteiger charge is -2.06. The third kappa shape index (κ3) is 4.65. The van der Waals surface area contributed by atoms with Crippen molar-refractivity contribution < 1.29 is 14.0 Å². The van der Waals surface area contributed by atoms with Crippen molar-refractivity contribution in [3.05, 3.63) is 87.3 Å². The molecule has 1 amide bonds. The Balaban J connectivity index is 1.77. The van der Waals surface area contributed by atoms with Crippen LogP contribution in [0.5, 0.6) is 0 Å². The van der Waals surface area contributed by atoms with E-state index in [1.807, 2.05) is 17.5 Å². The molecule has 1 aromatic heterocycles. The number of amides is 1. The van der Waals surface area contributed by atoms with Gasteiger partial charge in [-0.05, 0) is 60.0 Å². The molecule has 0 saturated heterocycles. The lowest BCUT2D eigenvalue weighted by Crippen LogP contribution is -2.12. The van der Waals surface area contributed by atoms with Crippen molar-refractivity contribution >= 4 is 40.4 Å². The summed E-state index contributed by atoms with van der Waals surface area (Å²) in [6, 6.07) is 16.1. The molecule has 0 saturated carbocycles. The normalized spacial score (nSPS) is 11.2. The fraction of sp³-hybridized carbons (Fsp3) is 0. The molecule has 0 unspecified atom stereocenters. The van der Waals surface area contributed by atoms with Gasteiger partial charge in [-0.15, -0.1) is 11.3 Å². The largest absolute Gasteiger partial charge is 0.437 e. The average Bonchev–Trinajstić information content (AvgIpc) is 3.13. The Hall–Kier alpha value is -2.70. The summed E-state index contributed by atoms with van der Waals surface area (Å²) in [6.07, 6.45) is -0.738. The van der Waals surface area contributed by atoms with Crippen molar-refractivity contribution in [3.63, 3.8) is 0 Å². The lowest BCUT2D eigenvalue weighted by molar-refractivity contribution is 0.166. The van der Waals surface area contributed by atoms with Crippen LogP contribution in [0.1, 0.15) is 10.4 Å². The van der Waals surface area contributed by atoms with Crippen molar-refractivity contribution in [2.75, 3.05) is 5.32 Å². The maximum absolute atomic E-state index is 13.1. The van der Waals surface area contributed by atoms with E-state index in [2.05, 4.69) is 10.5 Å². The maximum Gasteiger partial charge on any atom is 0.437 e. The highest BCUT2D eigenvalue weighted by molar-refractivity contribution is 7.12. The molecule has 3 rings (SSSR count). The number of carbonyl (C=O) groups is 1. The fourth-order valence-electron chi connectivity index (χ4n) is 2.02. The van der Waals surface area contributed by atoms with Crippen LogP contribution in [0.3, 0.4) is 0 Å². The molecular weight excluding hydrogens is 363 g/mol. The molecule has 0 fully saturated rings. The minimum atomic E-state index is -0.738. The van der Waals surface area contributed by atoms with Gasteiger partial charge in [-0.1, -0.05) is 22.8 Å². The van der Waals surface area contributed by atoms with E-state index < -0.39 is 6.09 Å². The molecule has 0 bridgehead atoms. The molecule has 0 aliphatic heterocycles. The first kappa shape index (κ1) is 17.1. The van der Waals surface area contributed by atoms with E-state index in [1.54, 1.807) is 36.4 Å². The second-order valence-corrected chi connectivity index (χ2v) is 6.32. The predicted octanol–water partition coefficient (Wildman–Crippen LogP) is 5.54. The van der Waals surface area contributed by atoms with Crippen molar-refractivity contribution in [3.8, 4) is 0 Å². The van der Waals surface area contributed by atoms with E-state index in [0.717, 1.165) is 4.88 Å². The number of hydrogen-bond donors (Lipinski definition) is 1. The predicted molar refractivity (Wildman–Crippen MR) is 97.9 cm³/mol. The van der Waals surface area contributed by atoms with Crippen LogP contribution in [0.15, 0.2) is 71.2 Å². The Morgan fingerprint density at radius 1 is 1.08 bits per heavy atom. The topological polar surface area (TPSA) is 50.7 Å². The van der Waals surface area contributed by atoms with Crippen molar-refractivity contribution in [2.45, 2.75) is 0 Å². The summed E-state index contributed by atoms with van der Waals surface area (Å²) in [5, 5.41) is 8.93. The number of anilines is 1. The van der Waals surface area contributed by atoms with E-state index in [-0.39, 0.29) is 5.82 Å². The van der Waals surface area contributed by atoms with Gasteiger partial charge in [0.1, 0.15) is 11.5 Å². The summed E-state index contributed by atoms with van der Waals surface area (Å²) in [5.74, 6) is -0.351. The monoisotopic (exact) mass is 374 g/mol. The summed E-state index contributed by atoms with van der Waals surface area (Å²) in [6.45, 7) is 0. The Morgan fingerprint density at radius 3 is 2.44 bits per heavy atom. The molecule has 2 aromatic carbocycles. The number of thiophene rings is 1. The van der Waals surface area contributed by atoms with Crippen LogP contribution in [-0.2, 0) is 4.84 Å². The Labute approximate surface area is 152 Å². The molecule has 0 radical (unpaired) electrons. The van der Waals surface area contributed by atoms with Gasteiger partial charge in [-0.2, -0.15) is 0 Å². The van der Waals surface area contributed by atoms with E-state index in [4.69, 9.17) is 16.4 Å². The Bertz CT molecular complexity index is 878. The Kier molecular flexibility index (Phi) is 5.42. The zero-order valence-corrected chi connectivity index (χ0v) is 14.4. The average molecular weight is 375 g/mol. The minimum Gasteiger partial charge on any atom is -0.297 e.